The van der Waals surface area contributed by atoms with E-state index in [2.05, 4.69) is 23.5 Å². The summed E-state index contributed by atoms with van der Waals surface area (Å²) in [7, 11) is 0. The Morgan fingerprint density at radius 3 is 2.27 bits per heavy atom. The Hall–Kier alpha value is -3.07. The molecule has 0 heterocycles. The largest absolute Gasteiger partial charge is 0.484 e. The lowest BCUT2D eigenvalue weighted by atomic mass is 10.0. The maximum atomic E-state index is 12.3. The van der Waals surface area contributed by atoms with Crippen LogP contribution in [-0.4, -0.2) is 12.5 Å². The van der Waals surface area contributed by atoms with E-state index in [4.69, 9.17) is 4.74 Å². The van der Waals surface area contributed by atoms with Crippen LogP contribution in [0.15, 0.2) is 72.8 Å². The molecule has 0 spiro atoms. The van der Waals surface area contributed by atoms with Crippen molar-refractivity contribution in [2.45, 2.75) is 20.3 Å². The van der Waals surface area contributed by atoms with E-state index in [0.717, 1.165) is 34.5 Å². The lowest BCUT2D eigenvalue weighted by Crippen LogP contribution is -2.21. The van der Waals surface area contributed by atoms with Gasteiger partial charge in [0.05, 0.1) is 0 Å². The summed E-state index contributed by atoms with van der Waals surface area (Å²) in [6, 6.07) is 24.0. The van der Waals surface area contributed by atoms with Crippen LogP contribution >= 0.6 is 0 Å². The fourth-order valence-electron chi connectivity index (χ4n) is 2.96. The fourth-order valence-corrected chi connectivity index (χ4v) is 2.96. The number of carbonyl (C=O) groups is 1. The van der Waals surface area contributed by atoms with E-state index in [1.165, 1.54) is 5.56 Å². The summed E-state index contributed by atoms with van der Waals surface area (Å²) in [5.41, 5.74) is 5.35. The van der Waals surface area contributed by atoms with Crippen LogP contribution in [0.5, 0.6) is 5.75 Å². The number of hydrogen-bond acceptors (Lipinski definition) is 2. The van der Waals surface area contributed by atoms with E-state index < -0.39 is 0 Å². The maximum Gasteiger partial charge on any atom is 0.262 e. The summed E-state index contributed by atoms with van der Waals surface area (Å²) in [4.78, 5) is 12.3. The molecule has 1 N–H and O–H groups in total. The molecule has 0 aliphatic heterocycles. The van der Waals surface area contributed by atoms with Crippen LogP contribution in [0.4, 0.5) is 5.69 Å². The van der Waals surface area contributed by atoms with Crippen molar-refractivity contribution in [2.75, 3.05) is 11.9 Å². The molecule has 0 aliphatic rings. The standard InChI is InChI=1S/C23H23NO2/c1-17-12-18(2)14-21(13-17)26-16-23(25)24-22-11-7-6-10-20(22)15-19-8-4-3-5-9-19/h3-14H,15-16H2,1-2H3,(H,24,25). The molecule has 0 aromatic heterocycles. The zero-order valence-electron chi connectivity index (χ0n) is 15.2. The van der Waals surface area contributed by atoms with Crippen LogP contribution < -0.4 is 10.1 Å². The number of aryl methyl sites for hydroxylation is 2. The topological polar surface area (TPSA) is 38.3 Å². The number of carbonyl (C=O) groups excluding carboxylic acids is 1. The summed E-state index contributed by atoms with van der Waals surface area (Å²) >= 11 is 0. The molecule has 0 radical (unpaired) electrons. The van der Waals surface area contributed by atoms with Crippen LogP contribution in [0, 0.1) is 13.8 Å². The van der Waals surface area contributed by atoms with Gasteiger partial charge in [-0.1, -0.05) is 54.6 Å². The Balaban J connectivity index is 1.64. The van der Waals surface area contributed by atoms with E-state index in [9.17, 15) is 4.79 Å². The van der Waals surface area contributed by atoms with Gasteiger partial charge in [-0.3, -0.25) is 4.79 Å². The number of benzene rings is 3. The molecular weight excluding hydrogens is 322 g/mol. The van der Waals surface area contributed by atoms with E-state index in [-0.39, 0.29) is 12.5 Å². The van der Waals surface area contributed by atoms with Gasteiger partial charge in [-0.25, -0.2) is 0 Å². The van der Waals surface area contributed by atoms with Crippen LogP contribution in [0.2, 0.25) is 0 Å². The molecule has 0 saturated heterocycles. The van der Waals surface area contributed by atoms with Crippen LogP contribution in [0.25, 0.3) is 0 Å². The minimum Gasteiger partial charge on any atom is -0.484 e. The molecule has 0 aliphatic carbocycles. The molecule has 26 heavy (non-hydrogen) atoms. The SMILES string of the molecule is Cc1cc(C)cc(OCC(=O)Nc2ccccc2Cc2ccccc2)c1. The molecule has 3 aromatic carbocycles. The Kier molecular flexibility index (Phi) is 5.69. The van der Waals surface area contributed by atoms with Crippen molar-refractivity contribution >= 4 is 11.6 Å². The second-order valence-corrected chi connectivity index (χ2v) is 6.48. The average molecular weight is 345 g/mol. The fraction of sp³-hybridized carbons (Fsp3) is 0.174. The van der Waals surface area contributed by atoms with E-state index >= 15 is 0 Å². The van der Waals surface area contributed by atoms with Crippen molar-refractivity contribution < 1.29 is 9.53 Å². The number of para-hydroxylation sites is 1. The van der Waals surface area contributed by atoms with Gasteiger partial charge in [0.2, 0.25) is 0 Å². The third kappa shape index (κ3) is 4.96. The van der Waals surface area contributed by atoms with Gasteiger partial charge in [0.15, 0.2) is 6.61 Å². The number of ether oxygens (including phenoxy) is 1. The molecule has 0 unspecified atom stereocenters. The highest BCUT2D eigenvalue weighted by Gasteiger charge is 2.08. The van der Waals surface area contributed by atoms with E-state index in [1.807, 2.05) is 68.4 Å². The monoisotopic (exact) mass is 345 g/mol. The normalized spacial score (nSPS) is 10.4. The Bertz CT molecular complexity index is 867. The van der Waals surface area contributed by atoms with Crippen LogP contribution in [0.3, 0.4) is 0 Å². The van der Waals surface area contributed by atoms with E-state index in [1.54, 1.807) is 0 Å². The van der Waals surface area contributed by atoms with Gasteiger partial charge >= 0.3 is 0 Å². The molecule has 3 aromatic rings. The molecule has 1 amide bonds. The van der Waals surface area contributed by atoms with Gasteiger partial charge in [-0.2, -0.15) is 0 Å². The number of anilines is 1. The van der Waals surface area contributed by atoms with Gasteiger partial charge in [0, 0.05) is 5.69 Å². The molecule has 0 saturated carbocycles. The highest BCUT2D eigenvalue weighted by atomic mass is 16.5. The third-order valence-electron chi connectivity index (χ3n) is 4.09. The molecule has 0 fully saturated rings. The first-order chi connectivity index (χ1) is 12.6. The molecule has 132 valence electrons. The molecule has 0 bridgehead atoms. The maximum absolute atomic E-state index is 12.3. The minimum atomic E-state index is -0.162. The number of nitrogens with one attached hydrogen (secondary N) is 1. The lowest BCUT2D eigenvalue weighted by Gasteiger charge is -2.12. The van der Waals surface area contributed by atoms with Gasteiger partial charge in [-0.15, -0.1) is 0 Å². The first-order valence-electron chi connectivity index (χ1n) is 8.73. The lowest BCUT2D eigenvalue weighted by molar-refractivity contribution is -0.118. The number of hydrogen-bond donors (Lipinski definition) is 1. The van der Waals surface area contributed by atoms with E-state index in [0.29, 0.717) is 0 Å². The smallest absolute Gasteiger partial charge is 0.262 e. The predicted octanol–water partition coefficient (Wildman–Crippen LogP) is 4.91. The van der Waals surface area contributed by atoms with Crippen molar-refractivity contribution in [1.29, 1.82) is 0 Å². The second-order valence-electron chi connectivity index (χ2n) is 6.48. The van der Waals surface area contributed by atoms with Crippen molar-refractivity contribution in [3.8, 4) is 5.75 Å². The second kappa shape index (κ2) is 8.34. The first kappa shape index (κ1) is 17.7. The molecular formula is C23H23NO2. The molecule has 3 heteroatoms. The Labute approximate surface area is 154 Å². The number of rotatable bonds is 6. The van der Waals surface area contributed by atoms with Gasteiger partial charge in [0.1, 0.15) is 5.75 Å². The molecule has 3 rings (SSSR count). The summed E-state index contributed by atoms with van der Waals surface area (Å²) in [5.74, 6) is 0.555. The average Bonchev–Trinajstić information content (AvgIpc) is 2.62. The Morgan fingerprint density at radius 1 is 0.885 bits per heavy atom. The van der Waals surface area contributed by atoms with Gasteiger partial charge in [-0.05, 0) is 60.7 Å². The predicted molar refractivity (Wildman–Crippen MR) is 106 cm³/mol. The quantitative estimate of drug-likeness (QED) is 0.689. The van der Waals surface area contributed by atoms with Crippen molar-refractivity contribution in [1.82, 2.24) is 0 Å². The highest BCUT2D eigenvalue weighted by Crippen LogP contribution is 2.20. The highest BCUT2D eigenvalue weighted by molar-refractivity contribution is 5.92. The van der Waals surface area contributed by atoms with Crippen molar-refractivity contribution in [3.05, 3.63) is 95.1 Å². The summed E-state index contributed by atoms with van der Waals surface area (Å²) < 4.78 is 5.65. The summed E-state index contributed by atoms with van der Waals surface area (Å²) in [5, 5.41) is 2.97. The third-order valence-corrected chi connectivity index (χ3v) is 4.09. The minimum absolute atomic E-state index is 0.0113. The zero-order chi connectivity index (χ0) is 18.4. The summed E-state index contributed by atoms with van der Waals surface area (Å²) in [6.45, 7) is 4.02. The van der Waals surface area contributed by atoms with Crippen LogP contribution in [-0.2, 0) is 11.2 Å². The van der Waals surface area contributed by atoms with Crippen molar-refractivity contribution in [2.24, 2.45) is 0 Å². The van der Waals surface area contributed by atoms with Gasteiger partial charge < -0.3 is 10.1 Å². The van der Waals surface area contributed by atoms with Crippen LogP contribution in [0.1, 0.15) is 22.3 Å². The first-order valence-corrected chi connectivity index (χ1v) is 8.73. The molecule has 3 nitrogen and oxygen atoms in total. The molecule has 0 atom stereocenters. The number of amides is 1. The van der Waals surface area contributed by atoms with Crippen molar-refractivity contribution in [3.63, 3.8) is 0 Å². The van der Waals surface area contributed by atoms with Gasteiger partial charge in [0.25, 0.3) is 5.91 Å². The summed E-state index contributed by atoms with van der Waals surface area (Å²) in [6.07, 6.45) is 0.773. The zero-order valence-corrected chi connectivity index (χ0v) is 15.2. The Morgan fingerprint density at radius 2 is 1.54 bits per heavy atom.